The number of benzene rings is 1. The summed E-state index contributed by atoms with van der Waals surface area (Å²) >= 11 is 1.29. The van der Waals surface area contributed by atoms with Gasteiger partial charge >= 0.3 is 0 Å². The summed E-state index contributed by atoms with van der Waals surface area (Å²) in [6.45, 7) is 3.21. The maximum Gasteiger partial charge on any atom is 0.277 e. The Bertz CT molecular complexity index is 625. The number of thioether (sulfide) groups is 1. The van der Waals surface area contributed by atoms with Crippen molar-refractivity contribution in [1.29, 1.82) is 0 Å². The van der Waals surface area contributed by atoms with Crippen molar-refractivity contribution in [1.82, 2.24) is 5.32 Å². The third-order valence-corrected chi connectivity index (χ3v) is 3.63. The monoisotopic (exact) mass is 291 g/mol. The van der Waals surface area contributed by atoms with E-state index < -0.39 is 10.4 Å². The summed E-state index contributed by atoms with van der Waals surface area (Å²) < 4.78 is 0. The number of nitro benzene ring substituents is 1. The minimum Gasteiger partial charge on any atom is -0.326 e. The van der Waals surface area contributed by atoms with Crippen LogP contribution in [-0.4, -0.2) is 22.0 Å². The summed E-state index contributed by atoms with van der Waals surface area (Å²) in [6, 6.07) is 6.53. The normalized spacial score (nSPS) is 18.0. The minimum absolute atomic E-state index is 0.0440. The van der Waals surface area contributed by atoms with Crippen molar-refractivity contribution in [3.8, 4) is 0 Å². The molecule has 1 heterocycles. The van der Waals surface area contributed by atoms with Gasteiger partial charge in [0.1, 0.15) is 0 Å². The standard InChI is InChI=1S/C13H13N3O3S/c1-8-7-12(20-13(14-8)15-9(2)17)10-5-3-4-6-11(10)16(18)19/h3-7,13H,1-2H3,(H,15,17). The molecule has 1 aliphatic heterocycles. The zero-order valence-electron chi connectivity index (χ0n) is 11.0. The topological polar surface area (TPSA) is 84.6 Å². The Hall–Kier alpha value is -2.15. The zero-order chi connectivity index (χ0) is 14.7. The van der Waals surface area contributed by atoms with E-state index in [9.17, 15) is 14.9 Å². The molecule has 0 aromatic heterocycles. The molecule has 0 saturated heterocycles. The quantitative estimate of drug-likeness (QED) is 0.685. The Labute approximate surface area is 120 Å². The van der Waals surface area contributed by atoms with Crippen LogP contribution in [0.25, 0.3) is 4.91 Å². The van der Waals surface area contributed by atoms with E-state index in [2.05, 4.69) is 10.3 Å². The summed E-state index contributed by atoms with van der Waals surface area (Å²) in [5, 5.41) is 13.8. The summed E-state index contributed by atoms with van der Waals surface area (Å²) in [5.41, 5.74) is 0.845. The van der Waals surface area contributed by atoms with E-state index in [-0.39, 0.29) is 11.6 Å². The number of hydrogen-bond acceptors (Lipinski definition) is 5. The summed E-state index contributed by atoms with van der Waals surface area (Å²) in [5.74, 6) is -0.192. The number of nitrogens with zero attached hydrogens (tertiary/aromatic N) is 2. The highest BCUT2D eigenvalue weighted by Crippen LogP contribution is 2.38. The first-order valence-corrected chi connectivity index (χ1v) is 6.79. The third-order valence-electron chi connectivity index (χ3n) is 2.59. The molecule has 0 bridgehead atoms. The molecule has 0 fully saturated rings. The molecular formula is C13H13N3O3S. The molecule has 0 radical (unpaired) electrons. The molecule has 1 aromatic rings. The van der Waals surface area contributed by atoms with E-state index in [0.717, 1.165) is 10.6 Å². The van der Waals surface area contributed by atoms with Gasteiger partial charge in [-0.3, -0.25) is 19.9 Å². The highest BCUT2D eigenvalue weighted by atomic mass is 32.2. The van der Waals surface area contributed by atoms with Crippen LogP contribution < -0.4 is 5.32 Å². The lowest BCUT2D eigenvalue weighted by Gasteiger charge is -2.20. The Kier molecular flexibility index (Phi) is 4.19. The number of carbonyl (C=O) groups excluding carboxylic acids is 1. The van der Waals surface area contributed by atoms with Gasteiger partial charge in [-0.2, -0.15) is 0 Å². The van der Waals surface area contributed by atoms with Crippen LogP contribution in [0.2, 0.25) is 0 Å². The number of allylic oxidation sites excluding steroid dienone is 1. The van der Waals surface area contributed by atoms with Gasteiger partial charge in [-0.15, -0.1) is 0 Å². The van der Waals surface area contributed by atoms with Crippen LogP contribution in [0.15, 0.2) is 35.3 Å². The first kappa shape index (κ1) is 14.3. The van der Waals surface area contributed by atoms with Gasteiger partial charge < -0.3 is 5.32 Å². The van der Waals surface area contributed by atoms with Crippen molar-refractivity contribution in [2.45, 2.75) is 19.3 Å². The first-order valence-electron chi connectivity index (χ1n) is 5.91. The van der Waals surface area contributed by atoms with Crippen molar-refractivity contribution in [2.24, 2.45) is 4.99 Å². The number of hydrogen-bond donors (Lipinski definition) is 1. The number of para-hydroxylation sites is 1. The molecule has 0 aliphatic carbocycles. The number of amides is 1. The Balaban J connectivity index is 2.36. The summed E-state index contributed by atoms with van der Waals surface area (Å²) in [7, 11) is 0. The fourth-order valence-corrected chi connectivity index (χ4v) is 3.03. The molecule has 1 amide bonds. The number of nitrogens with one attached hydrogen (secondary N) is 1. The van der Waals surface area contributed by atoms with Gasteiger partial charge in [-0.1, -0.05) is 23.9 Å². The van der Waals surface area contributed by atoms with E-state index in [0.29, 0.717) is 5.56 Å². The lowest BCUT2D eigenvalue weighted by atomic mass is 10.1. The molecular weight excluding hydrogens is 278 g/mol. The zero-order valence-corrected chi connectivity index (χ0v) is 11.8. The minimum atomic E-state index is -0.452. The van der Waals surface area contributed by atoms with Gasteiger partial charge in [0.25, 0.3) is 5.69 Å². The number of carbonyl (C=O) groups is 1. The van der Waals surface area contributed by atoms with E-state index in [4.69, 9.17) is 0 Å². The van der Waals surface area contributed by atoms with Gasteiger partial charge in [0.15, 0.2) is 5.50 Å². The van der Waals surface area contributed by atoms with E-state index in [1.54, 1.807) is 31.2 Å². The van der Waals surface area contributed by atoms with Crippen molar-refractivity contribution in [2.75, 3.05) is 0 Å². The molecule has 104 valence electrons. The molecule has 1 aromatic carbocycles. The predicted molar refractivity (Wildman–Crippen MR) is 79.4 cm³/mol. The Morgan fingerprint density at radius 1 is 1.45 bits per heavy atom. The van der Waals surface area contributed by atoms with Crippen molar-refractivity contribution in [3.63, 3.8) is 0 Å². The van der Waals surface area contributed by atoms with Crippen LogP contribution in [0, 0.1) is 10.1 Å². The molecule has 0 spiro atoms. The molecule has 2 rings (SSSR count). The van der Waals surface area contributed by atoms with Crippen LogP contribution in [0.4, 0.5) is 5.69 Å². The lowest BCUT2D eigenvalue weighted by Crippen LogP contribution is -2.30. The van der Waals surface area contributed by atoms with Crippen molar-refractivity contribution < 1.29 is 9.72 Å². The molecule has 20 heavy (non-hydrogen) atoms. The van der Waals surface area contributed by atoms with E-state index in [1.807, 2.05) is 0 Å². The van der Waals surface area contributed by atoms with Crippen LogP contribution in [0.5, 0.6) is 0 Å². The molecule has 7 heteroatoms. The maximum atomic E-state index is 11.1. The predicted octanol–water partition coefficient (Wildman–Crippen LogP) is 2.56. The average molecular weight is 291 g/mol. The van der Waals surface area contributed by atoms with Crippen LogP contribution in [0.3, 0.4) is 0 Å². The second-order valence-electron chi connectivity index (χ2n) is 4.22. The van der Waals surface area contributed by atoms with E-state index >= 15 is 0 Å². The molecule has 1 aliphatic rings. The van der Waals surface area contributed by atoms with Gasteiger partial charge in [-0.25, -0.2) is 0 Å². The Morgan fingerprint density at radius 3 is 2.80 bits per heavy atom. The molecule has 1 atom stereocenters. The summed E-state index contributed by atoms with van der Waals surface area (Å²) in [4.78, 5) is 26.8. The fourth-order valence-electron chi connectivity index (χ4n) is 1.81. The second-order valence-corrected chi connectivity index (χ2v) is 5.35. The van der Waals surface area contributed by atoms with Crippen molar-refractivity contribution >= 4 is 34.0 Å². The highest BCUT2D eigenvalue weighted by molar-refractivity contribution is 8.09. The number of rotatable bonds is 3. The second kappa shape index (κ2) is 5.87. The smallest absolute Gasteiger partial charge is 0.277 e. The summed E-state index contributed by atoms with van der Waals surface area (Å²) in [6.07, 6.45) is 1.78. The number of nitro groups is 1. The SMILES string of the molecule is CC(=O)NC1N=C(C)C=C(c2ccccc2[N+](=O)[O-])S1. The van der Waals surface area contributed by atoms with Gasteiger partial charge in [0.2, 0.25) is 5.91 Å². The largest absolute Gasteiger partial charge is 0.326 e. The fraction of sp³-hybridized carbons (Fsp3) is 0.231. The Morgan fingerprint density at radius 2 is 2.15 bits per heavy atom. The van der Waals surface area contributed by atoms with Gasteiger partial charge in [-0.05, 0) is 19.1 Å². The van der Waals surface area contributed by atoms with Crippen LogP contribution in [0.1, 0.15) is 19.4 Å². The highest BCUT2D eigenvalue weighted by Gasteiger charge is 2.23. The lowest BCUT2D eigenvalue weighted by molar-refractivity contribution is -0.385. The number of aliphatic imine (C=N–C) groups is 1. The van der Waals surface area contributed by atoms with E-state index in [1.165, 1.54) is 24.8 Å². The molecule has 1 unspecified atom stereocenters. The maximum absolute atomic E-state index is 11.1. The van der Waals surface area contributed by atoms with Crippen LogP contribution in [-0.2, 0) is 4.79 Å². The van der Waals surface area contributed by atoms with Crippen molar-refractivity contribution in [3.05, 3.63) is 46.0 Å². The molecule has 1 N–H and O–H groups in total. The molecule has 6 nitrogen and oxygen atoms in total. The first-order chi connectivity index (χ1) is 9.47. The molecule has 0 saturated carbocycles. The van der Waals surface area contributed by atoms with Crippen LogP contribution >= 0.6 is 11.8 Å². The van der Waals surface area contributed by atoms with Gasteiger partial charge in [0.05, 0.1) is 10.5 Å². The third kappa shape index (κ3) is 3.24. The van der Waals surface area contributed by atoms with Gasteiger partial charge in [0, 0.05) is 23.6 Å². The average Bonchev–Trinajstić information content (AvgIpc) is 2.37.